The molecule has 0 aromatic heterocycles. The van der Waals surface area contributed by atoms with Gasteiger partial charge >= 0.3 is 0 Å². The maximum Gasteiger partial charge on any atom is 0.269 e. The lowest BCUT2D eigenvalue weighted by Crippen LogP contribution is -2.44. The smallest absolute Gasteiger partial charge is 0.269 e. The molecule has 1 saturated heterocycles. The number of aliphatic hydroxyl groups is 2. The summed E-state index contributed by atoms with van der Waals surface area (Å²) in [5.74, 6) is -1.09. The van der Waals surface area contributed by atoms with Crippen LogP contribution in [0.4, 0.5) is 22.7 Å². The molecule has 2 N–H and O–H groups in total. The highest BCUT2D eigenvalue weighted by molar-refractivity contribution is 6.14. The summed E-state index contributed by atoms with van der Waals surface area (Å²) in [6, 6.07) is 25.1. The van der Waals surface area contributed by atoms with Crippen molar-refractivity contribution in [2.45, 2.75) is 44.4 Å². The Morgan fingerprint density at radius 1 is 1.02 bits per heavy atom. The van der Waals surface area contributed by atoms with Crippen molar-refractivity contribution < 1.29 is 34.3 Å². The van der Waals surface area contributed by atoms with Gasteiger partial charge in [-0.1, -0.05) is 55.5 Å². The molecule has 7 rings (SSSR count). The molecule has 0 unspecified atom stereocenters. The summed E-state index contributed by atoms with van der Waals surface area (Å²) in [5, 5.41) is 33.5. The van der Waals surface area contributed by atoms with Gasteiger partial charge in [-0.25, -0.2) is 0 Å². The first-order valence-electron chi connectivity index (χ1n) is 16.8. The van der Waals surface area contributed by atoms with Gasteiger partial charge in [0, 0.05) is 42.3 Å². The number of non-ortho nitro benzene ring substituents is 1. The van der Waals surface area contributed by atoms with Crippen LogP contribution in [0.5, 0.6) is 11.5 Å². The summed E-state index contributed by atoms with van der Waals surface area (Å²) >= 11 is 0. The SMILES string of the molecule is C[C@H](/C=C/CC(=O)N1CCC[C@H]1CO)[C@@]1(O)C(=O)N(Cc2cccc(N3C(=O)c4ccccc4Oc4ccccc43)c2)c2ccc([N+](=O)[O-])cc21. The van der Waals surface area contributed by atoms with E-state index < -0.39 is 22.3 Å². The lowest BCUT2D eigenvalue weighted by atomic mass is 9.82. The summed E-state index contributed by atoms with van der Waals surface area (Å²) < 4.78 is 6.14. The van der Waals surface area contributed by atoms with E-state index in [4.69, 9.17) is 4.74 Å². The molecule has 51 heavy (non-hydrogen) atoms. The highest BCUT2D eigenvalue weighted by Gasteiger charge is 2.53. The van der Waals surface area contributed by atoms with Gasteiger partial charge in [-0.3, -0.25) is 29.4 Å². The molecule has 3 aliphatic rings. The number of anilines is 3. The number of benzene rings is 4. The average Bonchev–Trinajstić information content (AvgIpc) is 3.67. The number of fused-ring (bicyclic) bond motifs is 3. The van der Waals surface area contributed by atoms with E-state index in [2.05, 4.69) is 0 Å². The van der Waals surface area contributed by atoms with Crippen LogP contribution in [-0.4, -0.2) is 57.0 Å². The number of nitrogens with zero attached hydrogens (tertiary/aromatic N) is 4. The van der Waals surface area contributed by atoms with E-state index in [1.165, 1.54) is 23.1 Å². The molecular formula is C39H36N4O8. The monoisotopic (exact) mass is 688 g/mol. The molecule has 3 atom stereocenters. The second kappa shape index (κ2) is 13.5. The number of carbonyl (C=O) groups is 3. The lowest BCUT2D eigenvalue weighted by Gasteiger charge is -2.28. The van der Waals surface area contributed by atoms with Gasteiger partial charge in [0.25, 0.3) is 17.5 Å². The summed E-state index contributed by atoms with van der Waals surface area (Å²) in [6.45, 7) is 2.06. The molecule has 0 spiro atoms. The number of aliphatic hydroxyl groups excluding tert-OH is 1. The van der Waals surface area contributed by atoms with Crippen molar-refractivity contribution in [2.75, 3.05) is 23.0 Å². The van der Waals surface area contributed by atoms with E-state index in [1.807, 2.05) is 12.1 Å². The number of nitro groups is 1. The van der Waals surface area contributed by atoms with Crippen molar-refractivity contribution in [1.29, 1.82) is 0 Å². The van der Waals surface area contributed by atoms with Crippen molar-refractivity contribution in [3.8, 4) is 11.5 Å². The molecule has 0 bridgehead atoms. The molecule has 3 heterocycles. The van der Waals surface area contributed by atoms with E-state index in [0.29, 0.717) is 46.2 Å². The van der Waals surface area contributed by atoms with Crippen molar-refractivity contribution in [3.05, 3.63) is 130 Å². The number of ether oxygens (including phenoxy) is 1. The lowest BCUT2D eigenvalue weighted by molar-refractivity contribution is -0.385. The minimum absolute atomic E-state index is 0.0109. The third kappa shape index (κ3) is 5.92. The highest BCUT2D eigenvalue weighted by Crippen LogP contribution is 2.48. The fourth-order valence-corrected chi connectivity index (χ4v) is 7.23. The zero-order chi connectivity index (χ0) is 35.9. The van der Waals surface area contributed by atoms with Gasteiger partial charge in [0.05, 0.1) is 41.1 Å². The first-order chi connectivity index (χ1) is 24.6. The van der Waals surface area contributed by atoms with Crippen LogP contribution in [0.3, 0.4) is 0 Å². The molecule has 260 valence electrons. The van der Waals surface area contributed by atoms with Crippen LogP contribution < -0.4 is 14.5 Å². The summed E-state index contributed by atoms with van der Waals surface area (Å²) in [6.07, 6.45) is 4.72. The minimum atomic E-state index is -2.17. The number of hydrogen-bond donors (Lipinski definition) is 2. The van der Waals surface area contributed by atoms with Crippen LogP contribution in [0.15, 0.2) is 103 Å². The Morgan fingerprint density at radius 3 is 2.57 bits per heavy atom. The first kappa shape index (κ1) is 33.6. The van der Waals surface area contributed by atoms with Crippen molar-refractivity contribution >= 4 is 40.5 Å². The molecule has 0 aliphatic carbocycles. The average molecular weight is 689 g/mol. The Hall–Kier alpha value is -5.85. The molecule has 1 fully saturated rings. The van der Waals surface area contributed by atoms with Gasteiger partial charge < -0.3 is 24.7 Å². The molecule has 0 radical (unpaired) electrons. The highest BCUT2D eigenvalue weighted by atomic mass is 16.6. The largest absolute Gasteiger partial charge is 0.454 e. The predicted octanol–water partition coefficient (Wildman–Crippen LogP) is 5.98. The topological polar surface area (TPSA) is 154 Å². The van der Waals surface area contributed by atoms with Crippen LogP contribution in [0.2, 0.25) is 0 Å². The second-order valence-corrected chi connectivity index (χ2v) is 13.0. The van der Waals surface area contributed by atoms with Crippen LogP contribution in [-0.2, 0) is 21.7 Å². The Bertz CT molecular complexity index is 2080. The van der Waals surface area contributed by atoms with E-state index >= 15 is 0 Å². The van der Waals surface area contributed by atoms with Crippen LogP contribution in [0, 0.1) is 16.0 Å². The minimum Gasteiger partial charge on any atom is -0.454 e. The van der Waals surface area contributed by atoms with Crippen LogP contribution in [0.1, 0.15) is 47.7 Å². The third-order valence-corrected chi connectivity index (χ3v) is 9.90. The van der Waals surface area contributed by atoms with Gasteiger partial charge in [0.15, 0.2) is 11.4 Å². The van der Waals surface area contributed by atoms with E-state index in [9.17, 15) is 34.7 Å². The fourth-order valence-electron chi connectivity index (χ4n) is 7.23. The van der Waals surface area contributed by atoms with Gasteiger partial charge in [0.2, 0.25) is 5.91 Å². The molecule has 3 aliphatic heterocycles. The maximum atomic E-state index is 14.3. The Morgan fingerprint density at radius 2 is 1.78 bits per heavy atom. The van der Waals surface area contributed by atoms with Crippen LogP contribution >= 0.6 is 0 Å². The normalized spacial score (nSPS) is 20.1. The van der Waals surface area contributed by atoms with Gasteiger partial charge in [-0.15, -0.1) is 0 Å². The third-order valence-electron chi connectivity index (χ3n) is 9.90. The Balaban J connectivity index is 1.20. The van der Waals surface area contributed by atoms with E-state index in [1.54, 1.807) is 89.5 Å². The fraction of sp³-hybridized carbons (Fsp3) is 0.256. The summed E-state index contributed by atoms with van der Waals surface area (Å²) in [4.78, 5) is 56.9. The van der Waals surface area contributed by atoms with Crippen molar-refractivity contribution in [1.82, 2.24) is 4.90 Å². The number of hydrogen-bond acceptors (Lipinski definition) is 8. The molecule has 4 aromatic carbocycles. The molecule has 12 nitrogen and oxygen atoms in total. The zero-order valence-electron chi connectivity index (χ0n) is 27.8. The Labute approximate surface area is 293 Å². The number of likely N-dealkylation sites (tertiary alicyclic amines) is 1. The molecule has 3 amide bonds. The number of nitro benzene ring substituents is 1. The molecule has 0 saturated carbocycles. The second-order valence-electron chi connectivity index (χ2n) is 13.0. The standard InChI is InChI=1S/C39H36N4O8/c1-25(9-6-17-36(45)40-20-8-12-29(40)24-44)39(48)31-22-28(43(49)50)18-19-32(31)41(38(39)47)23-26-10-7-11-27(21-26)42-33-14-3-5-16-35(33)51-34-15-4-2-13-30(34)37(42)46/h2-7,9-11,13-16,18-19,21-22,25,29,44,48H,8,12,17,20,23-24H2,1H3/b9-6+/t25-,29+,39+/m1/s1. The quantitative estimate of drug-likeness (QED) is 0.124. The van der Waals surface area contributed by atoms with Crippen molar-refractivity contribution in [2.24, 2.45) is 5.92 Å². The van der Waals surface area contributed by atoms with Gasteiger partial charge in [-0.2, -0.15) is 0 Å². The van der Waals surface area contributed by atoms with Gasteiger partial charge in [0.1, 0.15) is 5.75 Å². The Kier molecular flexibility index (Phi) is 8.88. The van der Waals surface area contributed by atoms with Crippen LogP contribution in [0.25, 0.3) is 0 Å². The van der Waals surface area contributed by atoms with E-state index in [0.717, 1.165) is 12.8 Å². The summed E-state index contributed by atoms with van der Waals surface area (Å²) in [5.41, 5.74) is 0.0422. The number of para-hydroxylation sites is 3. The number of rotatable bonds is 9. The maximum absolute atomic E-state index is 14.3. The first-order valence-corrected chi connectivity index (χ1v) is 16.8. The number of amides is 3. The summed E-state index contributed by atoms with van der Waals surface area (Å²) in [7, 11) is 0. The van der Waals surface area contributed by atoms with Gasteiger partial charge in [-0.05, 0) is 60.9 Å². The number of carbonyl (C=O) groups excluding carboxylic acids is 3. The molecule has 4 aromatic rings. The zero-order valence-corrected chi connectivity index (χ0v) is 27.8. The predicted molar refractivity (Wildman–Crippen MR) is 189 cm³/mol. The van der Waals surface area contributed by atoms with E-state index in [-0.39, 0.29) is 48.7 Å². The molecular weight excluding hydrogens is 652 g/mol. The van der Waals surface area contributed by atoms with Crippen molar-refractivity contribution in [3.63, 3.8) is 0 Å². The molecule has 12 heteroatoms.